The van der Waals surface area contributed by atoms with Crippen LogP contribution in [-0.2, 0) is 0 Å². The number of piperidine rings is 1. The molecule has 1 aliphatic rings. The fourth-order valence-electron chi connectivity index (χ4n) is 2.10. The van der Waals surface area contributed by atoms with Crippen molar-refractivity contribution in [3.05, 3.63) is 28.7 Å². The van der Waals surface area contributed by atoms with Crippen molar-refractivity contribution in [3.63, 3.8) is 0 Å². The number of para-hydroxylation sites is 1. The molecule has 1 aromatic carbocycles. The number of halogens is 3. The highest BCUT2D eigenvalue weighted by Gasteiger charge is 2.32. The van der Waals surface area contributed by atoms with Crippen molar-refractivity contribution >= 4 is 15.9 Å². The van der Waals surface area contributed by atoms with Crippen molar-refractivity contribution in [2.45, 2.75) is 25.3 Å². The van der Waals surface area contributed by atoms with E-state index < -0.39 is 12.5 Å². The SMILES string of the molecule is FC1NCCC(CCOc2ccccc2Br)C1F. The Kier molecular flexibility index (Phi) is 4.95. The van der Waals surface area contributed by atoms with Crippen molar-refractivity contribution in [2.75, 3.05) is 13.2 Å². The van der Waals surface area contributed by atoms with Crippen LogP contribution in [0.3, 0.4) is 0 Å². The number of rotatable bonds is 4. The van der Waals surface area contributed by atoms with Crippen molar-refractivity contribution < 1.29 is 13.5 Å². The number of benzene rings is 1. The minimum atomic E-state index is -1.53. The second kappa shape index (κ2) is 6.48. The zero-order valence-electron chi connectivity index (χ0n) is 9.91. The van der Waals surface area contributed by atoms with Gasteiger partial charge in [-0.15, -0.1) is 0 Å². The van der Waals surface area contributed by atoms with E-state index in [2.05, 4.69) is 21.2 Å². The van der Waals surface area contributed by atoms with Gasteiger partial charge in [0.1, 0.15) is 11.9 Å². The van der Waals surface area contributed by atoms with Gasteiger partial charge in [-0.3, -0.25) is 5.32 Å². The van der Waals surface area contributed by atoms with E-state index in [0.717, 1.165) is 10.2 Å². The fourth-order valence-corrected chi connectivity index (χ4v) is 2.50. The summed E-state index contributed by atoms with van der Waals surface area (Å²) in [4.78, 5) is 0. The van der Waals surface area contributed by atoms with Crippen LogP contribution in [0.15, 0.2) is 28.7 Å². The van der Waals surface area contributed by atoms with Crippen LogP contribution in [0.5, 0.6) is 5.75 Å². The topological polar surface area (TPSA) is 21.3 Å². The molecule has 3 atom stereocenters. The van der Waals surface area contributed by atoms with E-state index in [4.69, 9.17) is 4.74 Å². The molecular weight excluding hydrogens is 304 g/mol. The van der Waals surface area contributed by atoms with Crippen LogP contribution in [0.1, 0.15) is 12.8 Å². The second-order valence-corrected chi connectivity index (χ2v) is 5.27. The summed E-state index contributed by atoms with van der Waals surface area (Å²) in [5.74, 6) is 0.474. The predicted octanol–water partition coefficient (Wildman–Crippen LogP) is 3.46. The molecule has 1 N–H and O–H groups in total. The maximum Gasteiger partial charge on any atom is 0.182 e. The third-order valence-corrected chi connectivity index (χ3v) is 3.82. The van der Waals surface area contributed by atoms with E-state index >= 15 is 0 Å². The second-order valence-electron chi connectivity index (χ2n) is 4.42. The lowest BCUT2D eigenvalue weighted by atomic mass is 9.92. The molecule has 1 fully saturated rings. The first-order valence-corrected chi connectivity index (χ1v) is 6.86. The van der Waals surface area contributed by atoms with Crippen molar-refractivity contribution in [1.82, 2.24) is 5.32 Å². The molecule has 18 heavy (non-hydrogen) atoms. The standard InChI is InChI=1S/C13H16BrF2NO/c14-10-3-1-2-4-11(10)18-8-6-9-5-7-17-13(16)12(9)15/h1-4,9,12-13,17H,5-8H2. The molecule has 0 spiro atoms. The molecule has 0 saturated carbocycles. The highest BCUT2D eigenvalue weighted by Crippen LogP contribution is 2.27. The Balaban J connectivity index is 1.80. The Morgan fingerprint density at radius 3 is 2.89 bits per heavy atom. The molecule has 0 radical (unpaired) electrons. The number of hydrogen-bond donors (Lipinski definition) is 1. The van der Waals surface area contributed by atoms with E-state index in [0.29, 0.717) is 26.0 Å². The molecule has 0 aromatic heterocycles. The Hall–Kier alpha value is -0.680. The summed E-state index contributed by atoms with van der Waals surface area (Å²) in [6, 6.07) is 7.50. The molecule has 1 aliphatic heterocycles. The van der Waals surface area contributed by atoms with Crippen molar-refractivity contribution in [1.29, 1.82) is 0 Å². The number of hydrogen-bond acceptors (Lipinski definition) is 2. The van der Waals surface area contributed by atoms with Gasteiger partial charge in [-0.25, -0.2) is 8.78 Å². The van der Waals surface area contributed by atoms with E-state index in [-0.39, 0.29) is 5.92 Å². The van der Waals surface area contributed by atoms with E-state index in [1.807, 2.05) is 24.3 Å². The summed E-state index contributed by atoms with van der Waals surface area (Å²) in [5, 5.41) is 2.49. The van der Waals surface area contributed by atoms with Gasteiger partial charge >= 0.3 is 0 Å². The summed E-state index contributed by atoms with van der Waals surface area (Å²) in [5.41, 5.74) is 0. The first-order chi connectivity index (χ1) is 8.68. The summed E-state index contributed by atoms with van der Waals surface area (Å²) in [6.45, 7) is 0.932. The summed E-state index contributed by atoms with van der Waals surface area (Å²) >= 11 is 3.37. The number of nitrogens with one attached hydrogen (secondary N) is 1. The predicted molar refractivity (Wildman–Crippen MR) is 70.2 cm³/mol. The minimum absolute atomic E-state index is 0.260. The van der Waals surface area contributed by atoms with Gasteiger partial charge in [0.25, 0.3) is 0 Å². The minimum Gasteiger partial charge on any atom is -0.492 e. The van der Waals surface area contributed by atoms with E-state index in [9.17, 15) is 8.78 Å². The highest BCUT2D eigenvalue weighted by atomic mass is 79.9. The van der Waals surface area contributed by atoms with Crippen molar-refractivity contribution in [2.24, 2.45) is 5.92 Å². The van der Waals surface area contributed by atoms with Crippen LogP contribution in [0.2, 0.25) is 0 Å². The molecule has 1 aromatic rings. The zero-order chi connectivity index (χ0) is 13.0. The number of ether oxygens (including phenoxy) is 1. The molecule has 0 aliphatic carbocycles. The third-order valence-electron chi connectivity index (χ3n) is 3.17. The van der Waals surface area contributed by atoms with Gasteiger partial charge in [-0.1, -0.05) is 12.1 Å². The zero-order valence-corrected chi connectivity index (χ0v) is 11.5. The van der Waals surface area contributed by atoms with Gasteiger partial charge in [-0.05, 0) is 53.4 Å². The summed E-state index contributed by atoms with van der Waals surface area (Å²) < 4.78 is 33.1. The quantitative estimate of drug-likeness (QED) is 0.858. The van der Waals surface area contributed by atoms with E-state index in [1.165, 1.54) is 0 Å². The molecule has 2 nitrogen and oxygen atoms in total. The van der Waals surface area contributed by atoms with E-state index in [1.54, 1.807) is 0 Å². The Bertz CT molecular complexity index is 391. The molecule has 1 saturated heterocycles. The average molecular weight is 320 g/mol. The molecule has 100 valence electrons. The molecule has 0 amide bonds. The fraction of sp³-hybridized carbons (Fsp3) is 0.538. The van der Waals surface area contributed by atoms with Crippen LogP contribution in [0.4, 0.5) is 8.78 Å². The lowest BCUT2D eigenvalue weighted by Gasteiger charge is -2.29. The van der Waals surface area contributed by atoms with Gasteiger partial charge in [0, 0.05) is 0 Å². The first kappa shape index (κ1) is 13.7. The Labute approximate surface area is 114 Å². The van der Waals surface area contributed by atoms with Crippen LogP contribution >= 0.6 is 15.9 Å². The maximum atomic E-state index is 13.5. The largest absolute Gasteiger partial charge is 0.492 e. The van der Waals surface area contributed by atoms with Crippen LogP contribution in [-0.4, -0.2) is 25.6 Å². The molecule has 2 rings (SSSR count). The van der Waals surface area contributed by atoms with Gasteiger partial charge < -0.3 is 4.74 Å². The molecule has 1 heterocycles. The third kappa shape index (κ3) is 3.42. The Morgan fingerprint density at radius 1 is 1.33 bits per heavy atom. The smallest absolute Gasteiger partial charge is 0.182 e. The summed E-state index contributed by atoms with van der Waals surface area (Å²) in [6.07, 6.45) is -1.78. The number of alkyl halides is 2. The maximum absolute atomic E-state index is 13.5. The highest BCUT2D eigenvalue weighted by molar-refractivity contribution is 9.10. The molecule has 3 unspecified atom stereocenters. The Morgan fingerprint density at radius 2 is 2.11 bits per heavy atom. The lowest BCUT2D eigenvalue weighted by molar-refractivity contribution is 0.0428. The first-order valence-electron chi connectivity index (χ1n) is 6.07. The molecule has 5 heteroatoms. The van der Waals surface area contributed by atoms with Gasteiger partial charge in [0.2, 0.25) is 0 Å². The van der Waals surface area contributed by atoms with Gasteiger partial charge in [-0.2, -0.15) is 0 Å². The monoisotopic (exact) mass is 319 g/mol. The van der Waals surface area contributed by atoms with Crippen LogP contribution < -0.4 is 10.1 Å². The molecule has 0 bridgehead atoms. The van der Waals surface area contributed by atoms with Crippen molar-refractivity contribution in [3.8, 4) is 5.75 Å². The lowest BCUT2D eigenvalue weighted by Crippen LogP contribution is -2.45. The van der Waals surface area contributed by atoms with Gasteiger partial charge in [0.05, 0.1) is 11.1 Å². The average Bonchev–Trinajstić information content (AvgIpc) is 2.37. The molecular formula is C13H16BrF2NO. The summed E-state index contributed by atoms with van der Waals surface area (Å²) in [7, 11) is 0. The normalized spacial score (nSPS) is 28.1. The van der Waals surface area contributed by atoms with Crippen LogP contribution in [0, 0.1) is 5.92 Å². The van der Waals surface area contributed by atoms with Gasteiger partial charge in [0.15, 0.2) is 6.30 Å². The van der Waals surface area contributed by atoms with Crippen LogP contribution in [0.25, 0.3) is 0 Å².